The van der Waals surface area contributed by atoms with Crippen LogP contribution in [0, 0.1) is 0 Å². The first-order valence-electron chi connectivity index (χ1n) is 11.0. The Morgan fingerprint density at radius 1 is 1.06 bits per heavy atom. The number of thiocarbonyl (C=S) groups is 1. The van der Waals surface area contributed by atoms with E-state index in [1.54, 1.807) is 0 Å². The topological polar surface area (TPSA) is 56.8 Å². The minimum absolute atomic E-state index is 0.195. The van der Waals surface area contributed by atoms with Gasteiger partial charge in [0.05, 0.1) is 0 Å². The van der Waals surface area contributed by atoms with Gasteiger partial charge in [0, 0.05) is 44.0 Å². The van der Waals surface area contributed by atoms with Gasteiger partial charge in [0.25, 0.3) is 0 Å². The summed E-state index contributed by atoms with van der Waals surface area (Å²) < 4.78 is 6.11. The Hall–Kier alpha value is -2.64. The number of nitrogens with zero attached hydrogens (tertiary/aromatic N) is 2. The molecule has 2 aromatic rings. The van der Waals surface area contributed by atoms with Crippen LogP contribution >= 0.6 is 12.2 Å². The highest BCUT2D eigenvalue weighted by Gasteiger charge is 2.21. The molecule has 2 saturated heterocycles. The minimum atomic E-state index is 0.195. The van der Waals surface area contributed by atoms with Crippen molar-refractivity contribution in [3.05, 3.63) is 54.1 Å². The second-order valence-corrected chi connectivity index (χ2v) is 8.68. The number of rotatable bonds is 6. The smallest absolute Gasteiger partial charge is 0.227 e. The molecule has 2 heterocycles. The van der Waals surface area contributed by atoms with Gasteiger partial charge in [-0.3, -0.25) is 4.79 Å². The lowest BCUT2D eigenvalue weighted by Crippen LogP contribution is -2.35. The van der Waals surface area contributed by atoms with E-state index in [0.29, 0.717) is 24.2 Å². The summed E-state index contributed by atoms with van der Waals surface area (Å²) in [6, 6.07) is 16.0. The Kier molecular flexibility index (Phi) is 7.04. The number of likely N-dealkylation sites (tertiary alicyclic amines) is 1. The van der Waals surface area contributed by atoms with E-state index in [9.17, 15) is 4.79 Å². The van der Waals surface area contributed by atoms with Gasteiger partial charge in [-0.15, -0.1) is 0 Å². The third kappa shape index (κ3) is 5.95. The van der Waals surface area contributed by atoms with Crippen molar-refractivity contribution in [1.82, 2.24) is 10.2 Å². The SMILES string of the molecule is CN1CCC(Oc2ccc(CNC(=S)Nc3ccc(N4CCCC4=O)cc3)cc2)CC1. The summed E-state index contributed by atoms with van der Waals surface area (Å²) >= 11 is 5.42. The van der Waals surface area contributed by atoms with Crippen LogP contribution in [-0.4, -0.2) is 48.7 Å². The van der Waals surface area contributed by atoms with Crippen LogP contribution in [0.25, 0.3) is 0 Å². The number of benzene rings is 2. The third-order valence-electron chi connectivity index (χ3n) is 5.86. The van der Waals surface area contributed by atoms with Crippen molar-refractivity contribution < 1.29 is 9.53 Å². The molecule has 0 aromatic heterocycles. The van der Waals surface area contributed by atoms with Gasteiger partial charge in [-0.25, -0.2) is 0 Å². The average Bonchev–Trinajstić information content (AvgIpc) is 3.21. The molecule has 0 unspecified atom stereocenters. The molecule has 164 valence electrons. The lowest BCUT2D eigenvalue weighted by molar-refractivity contribution is -0.117. The number of ether oxygens (including phenoxy) is 1. The number of hydrogen-bond acceptors (Lipinski definition) is 4. The van der Waals surface area contributed by atoms with E-state index in [1.165, 1.54) is 0 Å². The van der Waals surface area contributed by atoms with Crippen molar-refractivity contribution in [1.29, 1.82) is 0 Å². The molecule has 0 saturated carbocycles. The highest BCUT2D eigenvalue weighted by molar-refractivity contribution is 7.80. The molecule has 7 heteroatoms. The summed E-state index contributed by atoms with van der Waals surface area (Å²) in [5, 5.41) is 7.00. The number of carbonyl (C=O) groups excluding carboxylic acids is 1. The zero-order valence-electron chi connectivity index (χ0n) is 18.0. The monoisotopic (exact) mass is 438 g/mol. The molecule has 1 amide bonds. The molecular formula is C24H30N4O2S. The van der Waals surface area contributed by atoms with Gasteiger partial charge in [0.1, 0.15) is 11.9 Å². The second-order valence-electron chi connectivity index (χ2n) is 8.27. The van der Waals surface area contributed by atoms with Gasteiger partial charge in [-0.05, 0) is 80.5 Å². The van der Waals surface area contributed by atoms with Crippen molar-refractivity contribution in [2.75, 3.05) is 36.9 Å². The van der Waals surface area contributed by atoms with E-state index >= 15 is 0 Å². The molecule has 31 heavy (non-hydrogen) atoms. The number of piperidine rings is 1. The van der Waals surface area contributed by atoms with Gasteiger partial charge in [0.2, 0.25) is 5.91 Å². The van der Waals surface area contributed by atoms with Crippen LogP contribution in [0.1, 0.15) is 31.2 Å². The van der Waals surface area contributed by atoms with E-state index in [2.05, 4.69) is 34.7 Å². The van der Waals surface area contributed by atoms with Crippen molar-refractivity contribution in [2.24, 2.45) is 0 Å². The fourth-order valence-corrected chi connectivity index (χ4v) is 4.17. The maximum absolute atomic E-state index is 11.9. The highest BCUT2D eigenvalue weighted by Crippen LogP contribution is 2.23. The largest absolute Gasteiger partial charge is 0.490 e. The van der Waals surface area contributed by atoms with Crippen molar-refractivity contribution in [3.63, 3.8) is 0 Å². The third-order valence-corrected chi connectivity index (χ3v) is 6.10. The summed E-state index contributed by atoms with van der Waals surface area (Å²) in [7, 11) is 2.16. The van der Waals surface area contributed by atoms with Gasteiger partial charge >= 0.3 is 0 Å². The highest BCUT2D eigenvalue weighted by atomic mass is 32.1. The number of hydrogen-bond donors (Lipinski definition) is 2. The van der Waals surface area contributed by atoms with Crippen molar-refractivity contribution in [2.45, 2.75) is 38.3 Å². The van der Waals surface area contributed by atoms with Gasteiger partial charge in [-0.2, -0.15) is 0 Å². The Labute approximate surface area is 189 Å². The van der Waals surface area contributed by atoms with Crippen LogP contribution in [0.2, 0.25) is 0 Å². The number of nitrogens with one attached hydrogen (secondary N) is 2. The van der Waals surface area contributed by atoms with E-state index in [-0.39, 0.29) is 5.91 Å². The Morgan fingerprint density at radius 3 is 2.42 bits per heavy atom. The molecular weight excluding hydrogens is 408 g/mol. The predicted octanol–water partition coefficient (Wildman–Crippen LogP) is 3.77. The molecule has 2 aliphatic rings. The van der Waals surface area contributed by atoms with Crippen LogP contribution in [0.15, 0.2) is 48.5 Å². The van der Waals surface area contributed by atoms with E-state index in [4.69, 9.17) is 17.0 Å². The van der Waals surface area contributed by atoms with Gasteiger partial charge < -0.3 is 25.2 Å². The molecule has 2 aromatic carbocycles. The summed E-state index contributed by atoms with van der Waals surface area (Å²) in [5.74, 6) is 1.12. The first kappa shape index (κ1) is 21.6. The van der Waals surface area contributed by atoms with E-state index in [0.717, 1.165) is 61.6 Å². The minimum Gasteiger partial charge on any atom is -0.490 e. The molecule has 0 radical (unpaired) electrons. The molecule has 4 rings (SSSR count). The van der Waals surface area contributed by atoms with Gasteiger partial charge in [0.15, 0.2) is 5.11 Å². The van der Waals surface area contributed by atoms with Crippen LogP contribution < -0.4 is 20.3 Å². The quantitative estimate of drug-likeness (QED) is 0.670. The predicted molar refractivity (Wildman–Crippen MR) is 129 cm³/mol. The molecule has 6 nitrogen and oxygen atoms in total. The standard InChI is InChI=1S/C24H30N4O2S/c1-27-15-12-22(13-16-27)30-21-10-4-18(5-11-21)17-25-24(31)26-19-6-8-20(9-7-19)28-14-2-3-23(28)29/h4-11,22H,2-3,12-17H2,1H3,(H2,25,26,31). The molecule has 2 aliphatic heterocycles. The maximum Gasteiger partial charge on any atom is 0.227 e. The molecule has 2 N–H and O–H groups in total. The second kappa shape index (κ2) is 10.1. The fraction of sp³-hybridized carbons (Fsp3) is 0.417. The zero-order chi connectivity index (χ0) is 21.6. The number of anilines is 2. The normalized spacial score (nSPS) is 17.6. The van der Waals surface area contributed by atoms with Crippen molar-refractivity contribution >= 4 is 34.6 Å². The Bertz CT molecular complexity index is 893. The van der Waals surface area contributed by atoms with Crippen LogP contribution in [0.4, 0.5) is 11.4 Å². The molecule has 0 aliphatic carbocycles. The van der Waals surface area contributed by atoms with E-state index < -0.39 is 0 Å². The summed E-state index contributed by atoms with van der Waals surface area (Å²) in [6.07, 6.45) is 4.04. The number of carbonyl (C=O) groups is 1. The molecule has 2 fully saturated rings. The van der Waals surface area contributed by atoms with Gasteiger partial charge in [-0.1, -0.05) is 12.1 Å². The van der Waals surface area contributed by atoms with Crippen LogP contribution in [-0.2, 0) is 11.3 Å². The molecule has 0 spiro atoms. The lowest BCUT2D eigenvalue weighted by Gasteiger charge is -2.29. The van der Waals surface area contributed by atoms with E-state index in [1.807, 2.05) is 41.3 Å². The summed E-state index contributed by atoms with van der Waals surface area (Å²) in [4.78, 5) is 16.0. The Morgan fingerprint density at radius 2 is 1.77 bits per heavy atom. The molecule has 0 bridgehead atoms. The van der Waals surface area contributed by atoms with Crippen LogP contribution in [0.5, 0.6) is 5.75 Å². The zero-order valence-corrected chi connectivity index (χ0v) is 18.8. The molecule has 0 atom stereocenters. The maximum atomic E-state index is 11.9. The first-order chi connectivity index (χ1) is 15.1. The lowest BCUT2D eigenvalue weighted by atomic mass is 10.1. The Balaban J connectivity index is 1.22. The average molecular weight is 439 g/mol. The van der Waals surface area contributed by atoms with Crippen LogP contribution in [0.3, 0.4) is 0 Å². The summed E-state index contributed by atoms with van der Waals surface area (Å²) in [6.45, 7) is 3.63. The fourth-order valence-electron chi connectivity index (χ4n) is 3.98. The number of amides is 1. The summed E-state index contributed by atoms with van der Waals surface area (Å²) in [5.41, 5.74) is 2.98. The first-order valence-corrected chi connectivity index (χ1v) is 11.4. The van der Waals surface area contributed by atoms with Crippen molar-refractivity contribution in [3.8, 4) is 5.75 Å².